The Labute approximate surface area is 126 Å². The summed E-state index contributed by atoms with van der Waals surface area (Å²) in [5, 5.41) is 0. The van der Waals surface area contributed by atoms with Crippen LogP contribution in [0, 0.1) is 0 Å². The highest BCUT2D eigenvalue weighted by Crippen LogP contribution is 2.28. The van der Waals surface area contributed by atoms with Gasteiger partial charge in [0.25, 0.3) is 0 Å². The molecule has 4 heteroatoms. The number of hydrogen-bond acceptors (Lipinski definition) is 4. The Morgan fingerprint density at radius 3 is 2.52 bits per heavy atom. The normalized spacial score (nSPS) is 11.8. The average molecular weight is 286 g/mol. The fraction of sp³-hybridized carbons (Fsp3) is 0.294. The predicted octanol–water partition coefficient (Wildman–Crippen LogP) is 2.84. The van der Waals surface area contributed by atoms with E-state index in [-0.39, 0.29) is 6.04 Å². The van der Waals surface area contributed by atoms with Crippen molar-refractivity contribution in [1.82, 2.24) is 0 Å². The molecule has 0 fully saturated rings. The lowest BCUT2D eigenvalue weighted by atomic mass is 10.1. The van der Waals surface area contributed by atoms with Gasteiger partial charge in [-0.05, 0) is 29.8 Å². The fourth-order valence-electron chi connectivity index (χ4n) is 2.32. The van der Waals surface area contributed by atoms with Crippen LogP contribution in [-0.4, -0.2) is 27.8 Å². The number of ether oxygens (including phenoxy) is 2. The molecule has 0 spiro atoms. The van der Waals surface area contributed by atoms with Crippen molar-refractivity contribution in [1.29, 1.82) is 0 Å². The van der Waals surface area contributed by atoms with Crippen molar-refractivity contribution in [3.63, 3.8) is 0 Å². The molecule has 0 radical (unpaired) electrons. The highest BCUT2D eigenvalue weighted by atomic mass is 16.5. The van der Waals surface area contributed by atoms with Gasteiger partial charge in [0, 0.05) is 19.6 Å². The summed E-state index contributed by atoms with van der Waals surface area (Å²) in [6.45, 7) is 0.688. The molecule has 0 aliphatic carbocycles. The van der Waals surface area contributed by atoms with Crippen LogP contribution in [0.25, 0.3) is 0 Å². The van der Waals surface area contributed by atoms with E-state index in [9.17, 15) is 0 Å². The highest BCUT2D eigenvalue weighted by Gasteiger charge is 2.13. The smallest absolute Gasteiger partial charge is 0.142 e. The number of methoxy groups -OCH3 is 2. The number of benzene rings is 2. The van der Waals surface area contributed by atoms with Gasteiger partial charge in [0.2, 0.25) is 0 Å². The van der Waals surface area contributed by atoms with Gasteiger partial charge >= 0.3 is 0 Å². The number of hydrogen-bond donors (Lipinski definition) is 1. The van der Waals surface area contributed by atoms with Gasteiger partial charge in [-0.3, -0.25) is 0 Å². The van der Waals surface area contributed by atoms with Crippen LogP contribution in [0.15, 0.2) is 48.5 Å². The van der Waals surface area contributed by atoms with Gasteiger partial charge in [0.1, 0.15) is 11.5 Å². The minimum absolute atomic E-state index is 0.102. The Morgan fingerprint density at radius 2 is 1.81 bits per heavy atom. The van der Waals surface area contributed by atoms with Gasteiger partial charge < -0.3 is 20.1 Å². The summed E-state index contributed by atoms with van der Waals surface area (Å²) in [5.41, 5.74) is 8.39. The van der Waals surface area contributed by atoms with E-state index in [1.165, 1.54) is 0 Å². The SMILES string of the molecule is COc1cccc(C(N)CN(C)c2ccccc2OC)c1. The van der Waals surface area contributed by atoms with Crippen molar-refractivity contribution in [3.05, 3.63) is 54.1 Å². The quantitative estimate of drug-likeness (QED) is 0.887. The molecular formula is C17H22N2O2. The lowest BCUT2D eigenvalue weighted by molar-refractivity contribution is 0.413. The molecular weight excluding hydrogens is 264 g/mol. The van der Waals surface area contributed by atoms with Gasteiger partial charge in [0.15, 0.2) is 0 Å². The Kier molecular flexibility index (Phi) is 5.06. The summed E-state index contributed by atoms with van der Waals surface area (Å²) < 4.78 is 10.6. The van der Waals surface area contributed by atoms with Gasteiger partial charge in [-0.25, -0.2) is 0 Å². The Morgan fingerprint density at radius 1 is 1.05 bits per heavy atom. The molecule has 1 unspecified atom stereocenters. The van der Waals surface area contributed by atoms with Gasteiger partial charge in [-0.15, -0.1) is 0 Å². The van der Waals surface area contributed by atoms with Gasteiger partial charge in [0.05, 0.1) is 19.9 Å². The molecule has 0 heterocycles. The highest BCUT2D eigenvalue weighted by molar-refractivity contribution is 5.58. The van der Waals surface area contributed by atoms with Crippen LogP contribution in [0.2, 0.25) is 0 Å². The van der Waals surface area contributed by atoms with Crippen LogP contribution in [0.4, 0.5) is 5.69 Å². The predicted molar refractivity (Wildman–Crippen MR) is 86.2 cm³/mol. The maximum Gasteiger partial charge on any atom is 0.142 e. The Bertz CT molecular complexity index is 587. The zero-order chi connectivity index (χ0) is 15.2. The fourth-order valence-corrected chi connectivity index (χ4v) is 2.32. The summed E-state index contributed by atoms with van der Waals surface area (Å²) in [4.78, 5) is 2.10. The van der Waals surface area contributed by atoms with E-state index in [4.69, 9.17) is 15.2 Å². The molecule has 2 aromatic rings. The van der Waals surface area contributed by atoms with Crippen LogP contribution in [0.1, 0.15) is 11.6 Å². The van der Waals surface area contributed by atoms with Crippen molar-refractivity contribution >= 4 is 5.69 Å². The standard InChI is InChI=1S/C17H22N2O2/c1-19(16-9-4-5-10-17(16)21-3)12-15(18)13-7-6-8-14(11-13)20-2/h4-11,15H,12,18H2,1-3H3. The average Bonchev–Trinajstić information content (AvgIpc) is 2.54. The van der Waals surface area contributed by atoms with E-state index in [0.717, 1.165) is 22.7 Å². The molecule has 2 N–H and O–H groups in total. The topological polar surface area (TPSA) is 47.7 Å². The molecule has 0 saturated heterocycles. The van der Waals surface area contributed by atoms with Crippen molar-refractivity contribution in [2.24, 2.45) is 5.73 Å². The molecule has 0 saturated carbocycles. The number of anilines is 1. The number of rotatable bonds is 6. The first kappa shape index (κ1) is 15.2. The minimum Gasteiger partial charge on any atom is -0.497 e. The molecule has 0 aliphatic rings. The third-order valence-corrected chi connectivity index (χ3v) is 3.49. The molecule has 21 heavy (non-hydrogen) atoms. The van der Waals surface area contributed by atoms with Crippen molar-refractivity contribution in [2.45, 2.75) is 6.04 Å². The first-order valence-corrected chi connectivity index (χ1v) is 6.89. The minimum atomic E-state index is -0.102. The van der Waals surface area contributed by atoms with E-state index in [0.29, 0.717) is 6.54 Å². The zero-order valence-electron chi connectivity index (χ0n) is 12.7. The van der Waals surface area contributed by atoms with Crippen LogP contribution in [0.5, 0.6) is 11.5 Å². The number of nitrogens with zero attached hydrogens (tertiary/aromatic N) is 1. The Hall–Kier alpha value is -2.20. The summed E-state index contributed by atoms with van der Waals surface area (Å²) in [5.74, 6) is 1.67. The maximum atomic E-state index is 6.31. The summed E-state index contributed by atoms with van der Waals surface area (Å²) in [6.07, 6.45) is 0. The van der Waals surface area contributed by atoms with Gasteiger partial charge in [-0.2, -0.15) is 0 Å². The van der Waals surface area contributed by atoms with Crippen LogP contribution in [0.3, 0.4) is 0 Å². The van der Waals surface area contributed by atoms with Crippen LogP contribution >= 0.6 is 0 Å². The molecule has 0 bridgehead atoms. The lowest BCUT2D eigenvalue weighted by Crippen LogP contribution is -2.29. The van der Waals surface area contributed by atoms with Crippen molar-refractivity contribution < 1.29 is 9.47 Å². The van der Waals surface area contributed by atoms with Gasteiger partial charge in [-0.1, -0.05) is 24.3 Å². The second kappa shape index (κ2) is 6.99. The number of nitrogens with two attached hydrogens (primary N) is 1. The second-order valence-corrected chi connectivity index (χ2v) is 4.94. The van der Waals surface area contributed by atoms with Crippen LogP contribution < -0.4 is 20.1 Å². The van der Waals surface area contributed by atoms with E-state index in [2.05, 4.69) is 4.90 Å². The monoisotopic (exact) mass is 286 g/mol. The molecule has 0 aliphatic heterocycles. The largest absolute Gasteiger partial charge is 0.497 e. The third-order valence-electron chi connectivity index (χ3n) is 3.49. The van der Waals surface area contributed by atoms with E-state index in [1.807, 2.05) is 55.6 Å². The molecule has 0 aromatic heterocycles. The second-order valence-electron chi connectivity index (χ2n) is 4.94. The van der Waals surface area contributed by atoms with Crippen LogP contribution in [-0.2, 0) is 0 Å². The number of para-hydroxylation sites is 2. The summed E-state index contributed by atoms with van der Waals surface area (Å²) in [6, 6.07) is 15.7. The van der Waals surface area contributed by atoms with E-state index < -0.39 is 0 Å². The van der Waals surface area contributed by atoms with E-state index >= 15 is 0 Å². The third kappa shape index (κ3) is 3.67. The molecule has 4 nitrogen and oxygen atoms in total. The molecule has 2 rings (SSSR count). The van der Waals surface area contributed by atoms with E-state index in [1.54, 1.807) is 14.2 Å². The maximum absolute atomic E-state index is 6.31. The lowest BCUT2D eigenvalue weighted by Gasteiger charge is -2.25. The van der Waals surface area contributed by atoms with Crippen molar-refractivity contribution in [3.8, 4) is 11.5 Å². The molecule has 2 aromatic carbocycles. The summed E-state index contributed by atoms with van der Waals surface area (Å²) in [7, 11) is 5.35. The molecule has 0 amide bonds. The molecule has 1 atom stereocenters. The zero-order valence-corrected chi connectivity index (χ0v) is 12.7. The first-order valence-electron chi connectivity index (χ1n) is 6.89. The first-order chi connectivity index (χ1) is 10.2. The number of likely N-dealkylation sites (N-methyl/N-ethyl adjacent to an activating group) is 1. The Balaban J connectivity index is 2.12. The molecule has 112 valence electrons. The van der Waals surface area contributed by atoms with Crippen molar-refractivity contribution in [2.75, 3.05) is 32.7 Å². The summed E-state index contributed by atoms with van der Waals surface area (Å²) >= 11 is 0.